The molecular weight excluding hydrogens is 493 g/mol. The molecule has 0 fully saturated rings. The van der Waals surface area contributed by atoms with Crippen molar-refractivity contribution in [2.24, 2.45) is 0 Å². The quantitative estimate of drug-likeness (QED) is 0.251. The van der Waals surface area contributed by atoms with E-state index in [0.29, 0.717) is 21.4 Å². The molecule has 1 aromatic heterocycles. The van der Waals surface area contributed by atoms with Crippen LogP contribution in [0.4, 0.5) is 0 Å². The average Bonchev–Trinajstić information content (AvgIpc) is 3.37. The molecule has 0 aliphatic carbocycles. The number of imidazole rings is 1. The van der Waals surface area contributed by atoms with E-state index >= 15 is 0 Å². The molecule has 3 aromatic carbocycles. The number of nitrogens with zero attached hydrogens (tertiary/aromatic N) is 3. The molecule has 0 aliphatic rings. The Morgan fingerprint density at radius 2 is 1.83 bits per heavy atom. The monoisotopic (exact) mass is 521 g/mol. The summed E-state index contributed by atoms with van der Waals surface area (Å²) in [7, 11) is 2.09. The van der Waals surface area contributed by atoms with Crippen LogP contribution >= 0.6 is 23.2 Å². The third-order valence-electron chi connectivity index (χ3n) is 5.82. The van der Waals surface area contributed by atoms with Crippen LogP contribution in [0.25, 0.3) is 6.08 Å². The maximum atomic E-state index is 11.6. The molecule has 1 N–H and O–H groups in total. The normalized spacial score (nSPS) is 13.2. The highest BCUT2D eigenvalue weighted by Gasteiger charge is 2.33. The summed E-state index contributed by atoms with van der Waals surface area (Å²) >= 11 is 12.5. The Kier molecular flexibility index (Phi) is 8.83. The second-order valence-corrected chi connectivity index (χ2v) is 9.68. The minimum atomic E-state index is -1.38. The smallest absolute Gasteiger partial charge is 0.143 e. The summed E-state index contributed by atoms with van der Waals surface area (Å²) in [4.78, 5) is 6.31. The molecule has 1 atom stereocenters. The van der Waals surface area contributed by atoms with E-state index in [2.05, 4.69) is 41.2 Å². The third-order valence-corrected chi connectivity index (χ3v) is 6.36. The Hall–Kier alpha value is -3.09. The Labute approximate surface area is 222 Å². The van der Waals surface area contributed by atoms with E-state index in [1.165, 1.54) is 11.1 Å². The SMILES string of the molecule is CN(C/C=C/c1ccccc1)Cc1ccc(OCC(O)(Cn2ccnc2)c2ccc(Cl)cc2Cl)cc1. The van der Waals surface area contributed by atoms with Crippen molar-refractivity contribution in [3.63, 3.8) is 0 Å². The lowest BCUT2D eigenvalue weighted by molar-refractivity contribution is -0.0242. The lowest BCUT2D eigenvalue weighted by Crippen LogP contribution is -2.38. The van der Waals surface area contributed by atoms with E-state index in [0.717, 1.165) is 13.1 Å². The summed E-state index contributed by atoms with van der Waals surface area (Å²) < 4.78 is 7.82. The minimum absolute atomic E-state index is 0.00998. The van der Waals surface area contributed by atoms with Crippen molar-refractivity contribution in [3.05, 3.63) is 124 Å². The van der Waals surface area contributed by atoms with Crippen LogP contribution in [0.3, 0.4) is 0 Å². The first-order chi connectivity index (χ1) is 17.4. The third kappa shape index (κ3) is 7.21. The van der Waals surface area contributed by atoms with Crippen LogP contribution in [0.5, 0.6) is 5.75 Å². The predicted octanol–water partition coefficient (Wildman–Crippen LogP) is 6.30. The first-order valence-electron chi connectivity index (χ1n) is 11.7. The largest absolute Gasteiger partial charge is 0.490 e. The van der Waals surface area contributed by atoms with Crippen molar-refractivity contribution in [1.29, 1.82) is 0 Å². The van der Waals surface area contributed by atoms with Crippen LogP contribution in [0, 0.1) is 0 Å². The Morgan fingerprint density at radius 1 is 1.06 bits per heavy atom. The van der Waals surface area contributed by atoms with Crippen LogP contribution in [0.2, 0.25) is 10.0 Å². The molecule has 5 nitrogen and oxygen atoms in total. The Bertz CT molecular complexity index is 1260. The Morgan fingerprint density at radius 3 is 2.53 bits per heavy atom. The summed E-state index contributed by atoms with van der Waals surface area (Å²) in [6.07, 6.45) is 9.39. The van der Waals surface area contributed by atoms with Crippen molar-refractivity contribution in [2.45, 2.75) is 18.7 Å². The van der Waals surface area contributed by atoms with Gasteiger partial charge in [-0.2, -0.15) is 0 Å². The first-order valence-corrected chi connectivity index (χ1v) is 12.4. The molecule has 0 radical (unpaired) electrons. The van der Waals surface area contributed by atoms with E-state index in [1.807, 2.05) is 42.5 Å². The van der Waals surface area contributed by atoms with E-state index in [9.17, 15) is 5.11 Å². The van der Waals surface area contributed by atoms with Crippen LogP contribution in [-0.4, -0.2) is 39.8 Å². The number of likely N-dealkylation sites (N-methyl/N-ethyl adjacent to an activating group) is 1. The maximum absolute atomic E-state index is 11.6. The number of hydrogen-bond donors (Lipinski definition) is 1. The van der Waals surface area contributed by atoms with Gasteiger partial charge in [0.15, 0.2) is 0 Å². The summed E-state index contributed by atoms with van der Waals surface area (Å²) in [5, 5.41) is 12.5. The summed E-state index contributed by atoms with van der Waals surface area (Å²) in [6, 6.07) is 23.3. The van der Waals surface area contributed by atoms with Gasteiger partial charge in [0.1, 0.15) is 18.0 Å². The zero-order valence-corrected chi connectivity index (χ0v) is 21.6. The first kappa shape index (κ1) is 26.0. The summed E-state index contributed by atoms with van der Waals surface area (Å²) in [6.45, 7) is 1.89. The molecule has 7 heteroatoms. The number of aliphatic hydroxyl groups is 1. The van der Waals surface area contributed by atoms with Gasteiger partial charge in [-0.3, -0.25) is 4.90 Å². The van der Waals surface area contributed by atoms with Gasteiger partial charge in [0.25, 0.3) is 0 Å². The van der Waals surface area contributed by atoms with E-state index in [1.54, 1.807) is 41.5 Å². The van der Waals surface area contributed by atoms with Gasteiger partial charge in [-0.05, 0) is 42.4 Å². The molecule has 0 saturated heterocycles. The standard InChI is InChI=1S/C29H29Cl2N3O2/c1-33(16-5-8-23-6-3-2-4-7-23)19-24-9-12-26(13-10-24)36-21-29(35,20-34-17-15-32-22-34)27-14-11-25(30)18-28(27)31/h2-15,17-18,22,35H,16,19-21H2,1H3/b8-5+. The van der Waals surface area contributed by atoms with Crippen LogP contribution in [0.1, 0.15) is 16.7 Å². The number of aromatic nitrogens is 2. The molecule has 0 aliphatic heterocycles. The van der Waals surface area contributed by atoms with Gasteiger partial charge in [0, 0.05) is 41.1 Å². The van der Waals surface area contributed by atoms with Gasteiger partial charge in [-0.1, -0.05) is 83.9 Å². The van der Waals surface area contributed by atoms with Gasteiger partial charge in [0.05, 0.1) is 12.9 Å². The van der Waals surface area contributed by atoms with Crippen molar-refractivity contribution < 1.29 is 9.84 Å². The zero-order valence-electron chi connectivity index (χ0n) is 20.1. The van der Waals surface area contributed by atoms with Crippen LogP contribution in [0.15, 0.2) is 97.6 Å². The number of halogens is 2. The fourth-order valence-corrected chi connectivity index (χ4v) is 4.55. The summed E-state index contributed by atoms with van der Waals surface area (Å²) in [5.74, 6) is 0.666. The molecule has 1 heterocycles. The Balaban J connectivity index is 1.37. The molecule has 186 valence electrons. The highest BCUT2D eigenvalue weighted by molar-refractivity contribution is 6.35. The fourth-order valence-electron chi connectivity index (χ4n) is 3.96. The van der Waals surface area contributed by atoms with E-state index in [-0.39, 0.29) is 13.2 Å². The van der Waals surface area contributed by atoms with Gasteiger partial charge in [-0.15, -0.1) is 0 Å². The average molecular weight is 522 g/mol. The van der Waals surface area contributed by atoms with Gasteiger partial charge in [0.2, 0.25) is 0 Å². The second-order valence-electron chi connectivity index (χ2n) is 8.83. The maximum Gasteiger partial charge on any atom is 0.143 e. The van der Waals surface area contributed by atoms with Gasteiger partial charge in [-0.25, -0.2) is 4.98 Å². The second kappa shape index (κ2) is 12.2. The minimum Gasteiger partial charge on any atom is -0.490 e. The topological polar surface area (TPSA) is 50.5 Å². The molecule has 4 rings (SSSR count). The molecule has 1 unspecified atom stereocenters. The number of ether oxygens (including phenoxy) is 1. The van der Waals surface area contributed by atoms with Crippen LogP contribution < -0.4 is 4.74 Å². The number of hydrogen-bond acceptors (Lipinski definition) is 4. The lowest BCUT2D eigenvalue weighted by Gasteiger charge is -2.30. The van der Waals surface area contributed by atoms with Crippen molar-refractivity contribution in [1.82, 2.24) is 14.5 Å². The molecule has 36 heavy (non-hydrogen) atoms. The van der Waals surface area contributed by atoms with Crippen LogP contribution in [-0.2, 0) is 18.7 Å². The molecule has 0 amide bonds. The summed E-state index contributed by atoms with van der Waals surface area (Å²) in [5.41, 5.74) is 1.53. The molecule has 0 saturated carbocycles. The number of rotatable bonds is 11. The van der Waals surface area contributed by atoms with E-state index < -0.39 is 5.60 Å². The van der Waals surface area contributed by atoms with Gasteiger partial charge < -0.3 is 14.4 Å². The van der Waals surface area contributed by atoms with Crippen molar-refractivity contribution in [2.75, 3.05) is 20.2 Å². The zero-order chi connectivity index (χ0) is 25.4. The molecule has 0 bridgehead atoms. The highest BCUT2D eigenvalue weighted by atomic mass is 35.5. The van der Waals surface area contributed by atoms with Crippen molar-refractivity contribution >= 4 is 29.3 Å². The molecule has 0 spiro atoms. The molecule has 4 aromatic rings. The van der Waals surface area contributed by atoms with E-state index in [4.69, 9.17) is 27.9 Å². The highest BCUT2D eigenvalue weighted by Crippen LogP contribution is 2.33. The fraction of sp³-hybridized carbons (Fsp3) is 0.207. The van der Waals surface area contributed by atoms with Crippen molar-refractivity contribution in [3.8, 4) is 5.75 Å². The number of benzene rings is 3. The predicted molar refractivity (Wildman–Crippen MR) is 146 cm³/mol. The molecular formula is C29H29Cl2N3O2. The van der Waals surface area contributed by atoms with Gasteiger partial charge >= 0.3 is 0 Å². The lowest BCUT2D eigenvalue weighted by atomic mass is 9.94.